The molecule has 0 bridgehead atoms. The lowest BCUT2D eigenvalue weighted by atomic mass is 9.39. The van der Waals surface area contributed by atoms with Crippen molar-refractivity contribution in [3.8, 4) is 0 Å². The Labute approximate surface area is 155 Å². The van der Waals surface area contributed by atoms with Crippen LogP contribution in [-0.4, -0.2) is 17.6 Å². The summed E-state index contributed by atoms with van der Waals surface area (Å²) < 4.78 is 0. The lowest BCUT2D eigenvalue weighted by molar-refractivity contribution is 0.748. The molecule has 0 amide bonds. The van der Waals surface area contributed by atoms with E-state index in [-0.39, 0.29) is 0 Å². The highest BCUT2D eigenvalue weighted by atomic mass is 14.9. The first-order valence-corrected chi connectivity index (χ1v) is 9.24. The van der Waals surface area contributed by atoms with Crippen molar-refractivity contribution in [1.82, 2.24) is 10.3 Å². The van der Waals surface area contributed by atoms with Crippen LogP contribution < -0.4 is 16.8 Å². The molecule has 3 heterocycles. The number of pyridine rings is 1. The molecule has 26 heavy (non-hydrogen) atoms. The van der Waals surface area contributed by atoms with Crippen molar-refractivity contribution in [2.45, 2.75) is 38.7 Å². The van der Waals surface area contributed by atoms with Crippen LogP contribution in [-0.2, 0) is 25.8 Å². The maximum absolute atomic E-state index is 5.87. The summed E-state index contributed by atoms with van der Waals surface area (Å²) in [4.78, 5) is 4.51. The van der Waals surface area contributed by atoms with Gasteiger partial charge in [-0.15, -0.1) is 0 Å². The molecule has 2 aromatic rings. The van der Waals surface area contributed by atoms with Crippen LogP contribution in [0.25, 0.3) is 11.3 Å². The number of rotatable bonds is 4. The highest BCUT2D eigenvalue weighted by Gasteiger charge is 2.36. The fourth-order valence-electron chi connectivity index (χ4n) is 4.25. The van der Waals surface area contributed by atoms with E-state index in [1.165, 1.54) is 16.7 Å². The van der Waals surface area contributed by atoms with E-state index in [0.29, 0.717) is 25.7 Å². The molecule has 1 atom stereocenters. The number of allylic oxidation sites excluding steroid dienone is 1. The second-order valence-electron chi connectivity index (χ2n) is 7.36. The quantitative estimate of drug-likeness (QED) is 0.744. The first kappa shape index (κ1) is 17.1. The topological polar surface area (TPSA) is 77.0 Å². The summed E-state index contributed by atoms with van der Waals surface area (Å²) in [6, 6.07) is 8.71. The normalized spacial score (nSPS) is 18.0. The smallest absolute Gasteiger partial charge is 0.199 e. The van der Waals surface area contributed by atoms with Gasteiger partial charge in [0.1, 0.15) is 0 Å². The third kappa shape index (κ3) is 2.87. The SMILES string of the molecule is C=C(C)c1cccc2c1CB1C=C(c3cnc(CN)c(CN)c3)NC1C2. The molecule has 1 unspecified atom stereocenters. The average Bonchev–Trinajstić information content (AvgIpc) is 3.07. The van der Waals surface area contributed by atoms with Gasteiger partial charge in [-0.2, -0.15) is 0 Å². The van der Waals surface area contributed by atoms with Gasteiger partial charge in [-0.1, -0.05) is 36.3 Å². The number of hydrogen-bond acceptors (Lipinski definition) is 4. The Bertz CT molecular complexity index is 903. The van der Waals surface area contributed by atoms with Crippen molar-refractivity contribution in [1.29, 1.82) is 0 Å². The number of nitrogens with zero attached hydrogens (tertiary/aromatic N) is 1. The zero-order chi connectivity index (χ0) is 18.3. The molecule has 4 rings (SSSR count). The minimum Gasteiger partial charge on any atom is -0.389 e. The largest absolute Gasteiger partial charge is 0.389 e. The van der Waals surface area contributed by atoms with Crippen LogP contribution >= 0.6 is 0 Å². The first-order chi connectivity index (χ1) is 12.6. The number of hydrogen-bond donors (Lipinski definition) is 3. The van der Waals surface area contributed by atoms with Gasteiger partial charge in [0.25, 0.3) is 0 Å². The fraction of sp³-hybridized carbons (Fsp3) is 0.286. The first-order valence-electron chi connectivity index (χ1n) is 9.24. The zero-order valence-corrected chi connectivity index (χ0v) is 15.3. The molecule has 2 aliphatic rings. The molecule has 0 radical (unpaired) electrons. The van der Waals surface area contributed by atoms with E-state index in [1.54, 1.807) is 0 Å². The predicted octanol–water partition coefficient (Wildman–Crippen LogP) is 2.26. The third-order valence-corrected chi connectivity index (χ3v) is 5.64. The summed E-state index contributed by atoms with van der Waals surface area (Å²) in [7, 11) is 0. The third-order valence-electron chi connectivity index (χ3n) is 5.64. The van der Waals surface area contributed by atoms with Crippen LogP contribution in [0.1, 0.15) is 40.4 Å². The Morgan fingerprint density at radius 1 is 1.35 bits per heavy atom. The zero-order valence-electron chi connectivity index (χ0n) is 15.3. The van der Waals surface area contributed by atoms with E-state index in [4.69, 9.17) is 11.5 Å². The molecule has 132 valence electrons. The molecule has 0 fully saturated rings. The van der Waals surface area contributed by atoms with Crippen LogP contribution in [0, 0.1) is 0 Å². The van der Waals surface area contributed by atoms with Crippen molar-refractivity contribution < 1.29 is 0 Å². The number of nitrogens with one attached hydrogen (secondary N) is 1. The Morgan fingerprint density at radius 2 is 2.19 bits per heavy atom. The van der Waals surface area contributed by atoms with Gasteiger partial charge in [0.05, 0.1) is 5.69 Å². The van der Waals surface area contributed by atoms with Crippen molar-refractivity contribution >= 4 is 18.0 Å². The van der Waals surface area contributed by atoms with Gasteiger partial charge in [0, 0.05) is 36.5 Å². The van der Waals surface area contributed by atoms with Gasteiger partial charge in [-0.3, -0.25) is 4.98 Å². The molecular weight excluding hydrogens is 319 g/mol. The Balaban J connectivity index is 1.64. The van der Waals surface area contributed by atoms with Gasteiger partial charge in [0.2, 0.25) is 0 Å². The Morgan fingerprint density at radius 3 is 2.92 bits per heavy atom. The lowest BCUT2D eigenvalue weighted by Crippen LogP contribution is -2.42. The van der Waals surface area contributed by atoms with Gasteiger partial charge < -0.3 is 16.8 Å². The second kappa shape index (κ2) is 6.74. The summed E-state index contributed by atoms with van der Waals surface area (Å²) in [5.74, 6) is 2.80. The fourth-order valence-corrected chi connectivity index (χ4v) is 4.25. The molecule has 4 nitrogen and oxygen atoms in total. The monoisotopic (exact) mass is 344 g/mol. The van der Waals surface area contributed by atoms with Crippen LogP contribution in [0.4, 0.5) is 0 Å². The summed E-state index contributed by atoms with van der Waals surface area (Å²) in [5.41, 5.74) is 21.1. The summed E-state index contributed by atoms with van der Waals surface area (Å²) >= 11 is 0. The molecule has 5 N–H and O–H groups in total. The summed E-state index contributed by atoms with van der Waals surface area (Å²) in [5, 5.41) is 3.71. The van der Waals surface area contributed by atoms with E-state index < -0.39 is 0 Å². The predicted molar refractivity (Wildman–Crippen MR) is 109 cm³/mol. The average molecular weight is 344 g/mol. The van der Waals surface area contributed by atoms with Crippen molar-refractivity contribution in [3.63, 3.8) is 0 Å². The van der Waals surface area contributed by atoms with Crippen LogP contribution in [0.5, 0.6) is 0 Å². The van der Waals surface area contributed by atoms with Crippen LogP contribution in [0.15, 0.2) is 43.0 Å². The number of aromatic nitrogens is 1. The van der Waals surface area contributed by atoms with E-state index in [0.717, 1.165) is 40.8 Å². The van der Waals surface area contributed by atoms with E-state index in [2.05, 4.69) is 54.0 Å². The number of fused-ring (bicyclic) bond motifs is 2. The van der Waals surface area contributed by atoms with Crippen molar-refractivity contribution in [2.24, 2.45) is 11.5 Å². The van der Waals surface area contributed by atoms with Gasteiger partial charge in [0.15, 0.2) is 6.71 Å². The molecule has 1 aromatic carbocycles. The van der Waals surface area contributed by atoms with Crippen molar-refractivity contribution in [2.75, 3.05) is 0 Å². The maximum Gasteiger partial charge on any atom is 0.199 e. The van der Waals surface area contributed by atoms with Crippen LogP contribution in [0.3, 0.4) is 0 Å². The summed E-state index contributed by atoms with van der Waals surface area (Å²) in [6.45, 7) is 7.62. The number of benzene rings is 1. The molecule has 2 aliphatic heterocycles. The highest BCUT2D eigenvalue weighted by molar-refractivity contribution is 6.68. The van der Waals surface area contributed by atoms with Crippen molar-refractivity contribution in [3.05, 3.63) is 76.5 Å². The van der Waals surface area contributed by atoms with Crippen LogP contribution in [0.2, 0.25) is 0 Å². The van der Waals surface area contributed by atoms with Gasteiger partial charge >= 0.3 is 0 Å². The molecule has 0 aliphatic carbocycles. The number of nitrogens with two attached hydrogens (primary N) is 2. The van der Waals surface area contributed by atoms with Gasteiger partial charge in [-0.25, -0.2) is 0 Å². The lowest BCUT2D eigenvalue weighted by Gasteiger charge is -2.28. The molecule has 0 spiro atoms. The Hall–Kier alpha value is -2.37. The second-order valence-corrected chi connectivity index (χ2v) is 7.36. The standard InChI is InChI=1S/C21H25BN4/c1-13(2)17-5-3-4-14-7-21-22(8-18(14)17)9-19(26-21)16-6-15(10-23)20(11-24)25-12-16/h3-6,9,12,21,26H,1,7-8,10-11,23-24H2,2H3. The minimum atomic E-state index is 0.420. The minimum absolute atomic E-state index is 0.420. The van der Waals surface area contributed by atoms with E-state index >= 15 is 0 Å². The van der Waals surface area contributed by atoms with E-state index in [1.807, 2.05) is 6.20 Å². The van der Waals surface area contributed by atoms with Gasteiger partial charge in [-0.05, 0) is 48.0 Å². The molecular formula is C21H25BN4. The molecule has 1 aromatic heterocycles. The van der Waals surface area contributed by atoms with E-state index in [9.17, 15) is 0 Å². The highest BCUT2D eigenvalue weighted by Crippen LogP contribution is 2.32. The molecule has 0 saturated carbocycles. The maximum atomic E-state index is 5.87. The molecule has 5 heteroatoms. The Kier molecular flexibility index (Phi) is 4.43. The molecule has 0 saturated heterocycles. The summed E-state index contributed by atoms with van der Waals surface area (Å²) in [6.07, 6.45) is 4.00.